The molecule has 1 unspecified atom stereocenters. The third kappa shape index (κ3) is 7.21. The molecule has 1 atom stereocenters. The summed E-state index contributed by atoms with van der Waals surface area (Å²) in [5.74, 6) is 1.70. The number of aryl methyl sites for hydroxylation is 1. The Morgan fingerprint density at radius 3 is 2.55 bits per heavy atom. The second-order valence-electron chi connectivity index (χ2n) is 7.72. The maximum absolute atomic E-state index is 11.8. The Hall–Kier alpha value is -1.59. The van der Waals surface area contributed by atoms with Crippen molar-refractivity contribution in [2.24, 2.45) is 4.99 Å². The van der Waals surface area contributed by atoms with Crippen molar-refractivity contribution in [1.29, 1.82) is 0 Å². The highest BCUT2D eigenvalue weighted by molar-refractivity contribution is 14.0. The molecular weight excluding hydrogens is 527 g/mol. The van der Waals surface area contributed by atoms with Gasteiger partial charge in [0.05, 0.1) is 23.7 Å². The second-order valence-corrected chi connectivity index (χ2v) is 9.71. The molecule has 1 aromatic heterocycles. The molecule has 1 aromatic carbocycles. The van der Waals surface area contributed by atoms with Crippen molar-refractivity contribution < 1.29 is 12.8 Å². The number of sulfone groups is 1. The minimum atomic E-state index is -3.21. The average molecular weight is 561 g/mol. The van der Waals surface area contributed by atoms with Crippen molar-refractivity contribution in [2.45, 2.75) is 44.2 Å². The first-order valence-electron chi connectivity index (χ1n) is 10.5. The minimum Gasteiger partial charge on any atom is -0.468 e. The lowest BCUT2D eigenvalue weighted by Gasteiger charge is -2.26. The van der Waals surface area contributed by atoms with Crippen molar-refractivity contribution in [1.82, 2.24) is 15.5 Å². The third-order valence-electron chi connectivity index (χ3n) is 5.32. The van der Waals surface area contributed by atoms with Gasteiger partial charge in [0.25, 0.3) is 0 Å². The van der Waals surface area contributed by atoms with Crippen LogP contribution in [-0.4, -0.2) is 51.7 Å². The highest BCUT2D eigenvalue weighted by Gasteiger charge is 2.25. The minimum absolute atomic E-state index is 0. The van der Waals surface area contributed by atoms with Crippen LogP contribution in [0.1, 0.15) is 42.7 Å². The Morgan fingerprint density at radius 2 is 1.97 bits per heavy atom. The first kappa shape index (κ1) is 25.7. The fraction of sp³-hybridized carbons (Fsp3) is 0.500. The van der Waals surface area contributed by atoms with Crippen LogP contribution in [0.2, 0.25) is 0 Å². The summed E-state index contributed by atoms with van der Waals surface area (Å²) in [6.45, 7) is 7.93. The highest BCUT2D eigenvalue weighted by atomic mass is 127. The molecule has 2 heterocycles. The molecular formula is C22H33IN4O3S. The van der Waals surface area contributed by atoms with Gasteiger partial charge in [-0.05, 0) is 69.1 Å². The van der Waals surface area contributed by atoms with Crippen LogP contribution in [0.4, 0.5) is 0 Å². The number of hydrogen-bond acceptors (Lipinski definition) is 5. The standard InChI is InChI=1S/C22H32N4O3S.HI/c1-4-23-22(24-15-18-9-10-21(17(2)14-18)30(3,27)28)25-16-19(20-8-7-13-29-20)26-11-5-6-12-26;/h7-10,13-14,19H,4-6,11-12,15-16H2,1-3H3,(H2,23,24,25);1H. The molecule has 1 fully saturated rings. The van der Waals surface area contributed by atoms with Gasteiger partial charge in [0.2, 0.25) is 0 Å². The number of nitrogens with zero attached hydrogens (tertiary/aromatic N) is 2. The zero-order chi connectivity index (χ0) is 21.6. The zero-order valence-electron chi connectivity index (χ0n) is 18.4. The Bertz CT molecular complexity index is 955. The number of nitrogens with one attached hydrogen (secondary N) is 2. The van der Waals surface area contributed by atoms with E-state index in [4.69, 9.17) is 9.41 Å². The summed E-state index contributed by atoms with van der Waals surface area (Å²) in [6, 6.07) is 9.51. The molecule has 31 heavy (non-hydrogen) atoms. The van der Waals surface area contributed by atoms with Crippen LogP contribution in [-0.2, 0) is 16.4 Å². The van der Waals surface area contributed by atoms with Gasteiger partial charge < -0.3 is 15.1 Å². The van der Waals surface area contributed by atoms with Crippen LogP contribution >= 0.6 is 24.0 Å². The summed E-state index contributed by atoms with van der Waals surface area (Å²) in [4.78, 5) is 7.51. The van der Waals surface area contributed by atoms with E-state index in [2.05, 4.69) is 15.5 Å². The number of aliphatic imine (C=N–C) groups is 1. The van der Waals surface area contributed by atoms with Crippen molar-refractivity contribution in [2.75, 3.05) is 32.4 Å². The molecule has 0 spiro atoms. The predicted molar refractivity (Wildman–Crippen MR) is 135 cm³/mol. The topological polar surface area (TPSA) is 86.9 Å². The number of guanidine groups is 1. The summed E-state index contributed by atoms with van der Waals surface area (Å²) in [5, 5.41) is 6.74. The maximum Gasteiger partial charge on any atom is 0.191 e. The third-order valence-corrected chi connectivity index (χ3v) is 6.58. The number of hydrogen-bond donors (Lipinski definition) is 2. The Kier molecular flexibility index (Phi) is 9.83. The van der Waals surface area contributed by atoms with Crippen LogP contribution < -0.4 is 10.6 Å². The molecule has 7 nitrogen and oxygen atoms in total. The van der Waals surface area contributed by atoms with Crippen LogP contribution in [0.3, 0.4) is 0 Å². The summed E-state index contributed by atoms with van der Waals surface area (Å²) < 4.78 is 29.3. The van der Waals surface area contributed by atoms with Crippen molar-refractivity contribution >= 4 is 39.8 Å². The highest BCUT2D eigenvalue weighted by Crippen LogP contribution is 2.25. The smallest absolute Gasteiger partial charge is 0.191 e. The Labute approximate surface area is 202 Å². The van der Waals surface area contributed by atoms with Gasteiger partial charge in [0.1, 0.15) is 5.76 Å². The SMILES string of the molecule is CCNC(=NCc1ccc(S(C)(=O)=O)c(C)c1)NCC(c1ccco1)N1CCCC1.I. The molecule has 0 bridgehead atoms. The van der Waals surface area contributed by atoms with Gasteiger partial charge in [0, 0.05) is 19.3 Å². The van der Waals surface area contributed by atoms with E-state index in [1.807, 2.05) is 38.1 Å². The van der Waals surface area contributed by atoms with Gasteiger partial charge in [-0.3, -0.25) is 4.90 Å². The van der Waals surface area contributed by atoms with Crippen LogP contribution in [0.25, 0.3) is 0 Å². The van der Waals surface area contributed by atoms with Crippen LogP contribution in [0.15, 0.2) is 50.9 Å². The molecule has 3 rings (SSSR count). The van der Waals surface area contributed by atoms with E-state index < -0.39 is 9.84 Å². The van der Waals surface area contributed by atoms with E-state index in [9.17, 15) is 8.42 Å². The monoisotopic (exact) mass is 560 g/mol. The van der Waals surface area contributed by atoms with E-state index in [1.165, 1.54) is 19.1 Å². The summed E-state index contributed by atoms with van der Waals surface area (Å²) in [7, 11) is -3.21. The van der Waals surface area contributed by atoms with E-state index >= 15 is 0 Å². The van der Waals surface area contributed by atoms with Gasteiger partial charge in [-0.15, -0.1) is 24.0 Å². The van der Waals surface area contributed by atoms with Gasteiger partial charge in [-0.2, -0.15) is 0 Å². The summed E-state index contributed by atoms with van der Waals surface area (Å²) >= 11 is 0. The van der Waals surface area contributed by atoms with Gasteiger partial charge in [-0.1, -0.05) is 12.1 Å². The fourth-order valence-electron chi connectivity index (χ4n) is 3.88. The molecule has 9 heteroatoms. The molecule has 1 aliphatic heterocycles. The van der Waals surface area contributed by atoms with Crippen LogP contribution in [0, 0.1) is 6.92 Å². The first-order valence-corrected chi connectivity index (χ1v) is 12.4. The number of furan rings is 1. The maximum atomic E-state index is 11.8. The fourth-order valence-corrected chi connectivity index (χ4v) is 4.83. The van der Waals surface area contributed by atoms with Gasteiger partial charge in [0.15, 0.2) is 15.8 Å². The number of benzene rings is 1. The van der Waals surface area contributed by atoms with E-state index in [1.54, 1.807) is 12.3 Å². The van der Waals surface area contributed by atoms with E-state index in [0.29, 0.717) is 18.0 Å². The Morgan fingerprint density at radius 1 is 1.23 bits per heavy atom. The number of rotatable bonds is 8. The molecule has 2 aromatic rings. The van der Waals surface area contributed by atoms with Gasteiger partial charge in [-0.25, -0.2) is 13.4 Å². The Balaban J connectivity index is 0.00000341. The van der Waals surface area contributed by atoms with Crippen molar-refractivity contribution in [3.8, 4) is 0 Å². The van der Waals surface area contributed by atoms with Crippen molar-refractivity contribution in [3.05, 3.63) is 53.5 Å². The molecule has 1 aliphatic rings. The van der Waals surface area contributed by atoms with E-state index in [-0.39, 0.29) is 30.0 Å². The average Bonchev–Trinajstić information content (AvgIpc) is 3.40. The molecule has 1 saturated heterocycles. The molecule has 2 N–H and O–H groups in total. The van der Waals surface area contributed by atoms with E-state index in [0.717, 1.165) is 42.5 Å². The lowest BCUT2D eigenvalue weighted by Crippen LogP contribution is -2.42. The normalized spacial score (nSPS) is 16.0. The molecule has 0 amide bonds. The van der Waals surface area contributed by atoms with Crippen LogP contribution in [0.5, 0.6) is 0 Å². The molecule has 0 saturated carbocycles. The second kappa shape index (κ2) is 11.9. The lowest BCUT2D eigenvalue weighted by molar-refractivity contribution is 0.215. The lowest BCUT2D eigenvalue weighted by atomic mass is 10.1. The quantitative estimate of drug-likeness (QED) is 0.292. The van der Waals surface area contributed by atoms with Gasteiger partial charge >= 0.3 is 0 Å². The number of likely N-dealkylation sites (tertiary alicyclic amines) is 1. The molecule has 0 aliphatic carbocycles. The first-order chi connectivity index (χ1) is 14.4. The zero-order valence-corrected chi connectivity index (χ0v) is 21.6. The van der Waals surface area contributed by atoms with Crippen molar-refractivity contribution in [3.63, 3.8) is 0 Å². The molecule has 172 valence electrons. The number of halogens is 1. The molecule has 0 radical (unpaired) electrons. The largest absolute Gasteiger partial charge is 0.468 e. The summed E-state index contributed by atoms with van der Waals surface area (Å²) in [5.41, 5.74) is 1.72. The predicted octanol–water partition coefficient (Wildman–Crippen LogP) is 3.50. The summed E-state index contributed by atoms with van der Waals surface area (Å²) in [6.07, 6.45) is 5.39.